The minimum absolute atomic E-state index is 0.563. The fraction of sp³-hybridized carbons (Fsp3) is 0.167. The molecule has 4 rings (SSSR count). The first-order valence-corrected chi connectivity index (χ1v) is 8.78. The van der Waals surface area contributed by atoms with E-state index in [1.165, 1.54) is 10.5 Å². The lowest BCUT2D eigenvalue weighted by Gasteiger charge is -2.08. The van der Waals surface area contributed by atoms with E-state index in [1.807, 2.05) is 18.5 Å². The van der Waals surface area contributed by atoms with Gasteiger partial charge in [-0.3, -0.25) is 0 Å². The van der Waals surface area contributed by atoms with Crippen LogP contribution in [-0.4, -0.2) is 32.9 Å². The summed E-state index contributed by atoms with van der Waals surface area (Å²) in [4.78, 5) is 14.6. The minimum atomic E-state index is 0.563. The van der Waals surface area contributed by atoms with Gasteiger partial charge >= 0.3 is 0 Å². The van der Waals surface area contributed by atoms with Crippen LogP contribution < -0.4 is 4.74 Å². The summed E-state index contributed by atoms with van der Waals surface area (Å²) in [6, 6.07) is 12.4. The SMILES string of the molecule is COc1ccc2c(ncc3ncn(Cc4cccc(SC)c4)c32)n1. The summed E-state index contributed by atoms with van der Waals surface area (Å²) in [5, 5.41) is 0.979. The topological polar surface area (TPSA) is 52.8 Å². The van der Waals surface area contributed by atoms with Crippen LogP contribution in [0.5, 0.6) is 5.88 Å². The third-order valence-corrected chi connectivity index (χ3v) is 4.70. The van der Waals surface area contributed by atoms with Gasteiger partial charge in [-0.15, -0.1) is 11.8 Å². The molecular formula is C18H16N4OS. The number of thioether (sulfide) groups is 1. The molecule has 1 aromatic carbocycles. The first-order valence-electron chi connectivity index (χ1n) is 7.56. The maximum absolute atomic E-state index is 5.19. The Kier molecular flexibility index (Phi) is 3.82. The van der Waals surface area contributed by atoms with Crippen LogP contribution in [0.4, 0.5) is 0 Å². The second kappa shape index (κ2) is 6.13. The molecule has 0 aliphatic carbocycles. The van der Waals surface area contributed by atoms with Crippen molar-refractivity contribution in [2.45, 2.75) is 11.4 Å². The lowest BCUT2D eigenvalue weighted by Crippen LogP contribution is -1.99. The summed E-state index contributed by atoms with van der Waals surface area (Å²) in [5.41, 5.74) is 3.83. The average Bonchev–Trinajstić information content (AvgIpc) is 3.04. The highest BCUT2D eigenvalue weighted by atomic mass is 32.2. The molecule has 6 heteroatoms. The number of pyridine rings is 2. The lowest BCUT2D eigenvalue weighted by molar-refractivity contribution is 0.399. The Hall–Kier alpha value is -2.60. The fourth-order valence-electron chi connectivity index (χ4n) is 2.82. The van der Waals surface area contributed by atoms with Crippen molar-refractivity contribution >= 4 is 33.8 Å². The van der Waals surface area contributed by atoms with Gasteiger partial charge in [0.2, 0.25) is 5.88 Å². The molecule has 0 fully saturated rings. The molecule has 0 spiro atoms. The maximum Gasteiger partial charge on any atom is 0.215 e. The Labute approximate surface area is 143 Å². The number of hydrogen-bond acceptors (Lipinski definition) is 5. The summed E-state index contributed by atoms with van der Waals surface area (Å²) < 4.78 is 7.34. The zero-order valence-corrected chi connectivity index (χ0v) is 14.2. The van der Waals surface area contributed by atoms with E-state index in [-0.39, 0.29) is 0 Å². The van der Waals surface area contributed by atoms with Gasteiger partial charge in [0, 0.05) is 22.9 Å². The highest BCUT2D eigenvalue weighted by Gasteiger charge is 2.10. The molecule has 0 unspecified atom stereocenters. The molecule has 0 bridgehead atoms. The summed E-state index contributed by atoms with van der Waals surface area (Å²) in [6.45, 7) is 0.760. The van der Waals surface area contributed by atoms with E-state index in [0.29, 0.717) is 11.5 Å². The van der Waals surface area contributed by atoms with Gasteiger partial charge in [0.1, 0.15) is 5.52 Å². The fourth-order valence-corrected chi connectivity index (χ4v) is 3.31. The summed E-state index contributed by atoms with van der Waals surface area (Å²) in [6.07, 6.45) is 5.71. The van der Waals surface area contributed by atoms with Crippen LogP contribution in [0.15, 0.2) is 53.8 Å². The predicted molar refractivity (Wildman–Crippen MR) is 96.7 cm³/mol. The Balaban J connectivity index is 1.84. The van der Waals surface area contributed by atoms with E-state index in [1.54, 1.807) is 25.1 Å². The zero-order chi connectivity index (χ0) is 16.5. The molecular weight excluding hydrogens is 320 g/mol. The van der Waals surface area contributed by atoms with Gasteiger partial charge in [-0.05, 0) is 30.0 Å². The van der Waals surface area contributed by atoms with Gasteiger partial charge in [0.25, 0.3) is 0 Å². The summed E-state index contributed by atoms with van der Waals surface area (Å²) >= 11 is 1.75. The van der Waals surface area contributed by atoms with Crippen molar-refractivity contribution in [3.05, 3.63) is 54.5 Å². The van der Waals surface area contributed by atoms with E-state index < -0.39 is 0 Å². The van der Waals surface area contributed by atoms with Crippen molar-refractivity contribution in [1.29, 1.82) is 0 Å². The number of fused-ring (bicyclic) bond motifs is 3. The van der Waals surface area contributed by atoms with Gasteiger partial charge in [-0.1, -0.05) is 12.1 Å². The second-order valence-electron chi connectivity index (χ2n) is 5.44. The van der Waals surface area contributed by atoms with Crippen molar-refractivity contribution < 1.29 is 4.74 Å². The molecule has 5 nitrogen and oxygen atoms in total. The minimum Gasteiger partial charge on any atom is -0.481 e. The van der Waals surface area contributed by atoms with Crippen LogP contribution in [0.25, 0.3) is 22.1 Å². The molecule has 0 aliphatic heterocycles. The smallest absolute Gasteiger partial charge is 0.215 e. The first kappa shape index (κ1) is 15.0. The molecule has 0 amide bonds. The predicted octanol–water partition coefficient (Wildman–Crippen LogP) is 3.76. The number of benzene rings is 1. The van der Waals surface area contributed by atoms with E-state index in [4.69, 9.17) is 4.74 Å². The Morgan fingerprint density at radius 2 is 2.08 bits per heavy atom. The van der Waals surface area contributed by atoms with Gasteiger partial charge in [-0.25, -0.2) is 9.97 Å². The molecule has 3 heterocycles. The standard InChI is InChI=1S/C18H16N4OS/c1-23-16-7-6-14-17-15(9-19-18(14)21-16)20-11-22(17)10-12-4-3-5-13(8-12)24-2/h3-9,11H,10H2,1-2H3. The van der Waals surface area contributed by atoms with Crippen molar-refractivity contribution in [3.63, 3.8) is 0 Å². The number of nitrogens with zero attached hydrogens (tertiary/aromatic N) is 4. The third kappa shape index (κ3) is 2.59. The van der Waals surface area contributed by atoms with Gasteiger partial charge < -0.3 is 9.30 Å². The number of hydrogen-bond donors (Lipinski definition) is 0. The van der Waals surface area contributed by atoms with Crippen LogP contribution in [-0.2, 0) is 6.54 Å². The molecule has 4 aromatic rings. The van der Waals surface area contributed by atoms with Crippen LogP contribution in [0, 0.1) is 0 Å². The average molecular weight is 336 g/mol. The summed E-state index contributed by atoms with van der Waals surface area (Å²) in [7, 11) is 1.61. The van der Waals surface area contributed by atoms with Gasteiger partial charge in [-0.2, -0.15) is 4.98 Å². The van der Waals surface area contributed by atoms with Gasteiger partial charge in [0.05, 0.1) is 25.2 Å². The lowest BCUT2D eigenvalue weighted by atomic mass is 10.2. The zero-order valence-electron chi connectivity index (χ0n) is 13.4. The number of rotatable bonds is 4. The van der Waals surface area contributed by atoms with E-state index in [2.05, 4.69) is 50.0 Å². The van der Waals surface area contributed by atoms with Crippen LogP contribution in [0.3, 0.4) is 0 Å². The number of imidazole rings is 1. The number of methoxy groups -OCH3 is 1. The van der Waals surface area contributed by atoms with Crippen molar-refractivity contribution in [2.24, 2.45) is 0 Å². The number of ether oxygens (including phenoxy) is 1. The highest BCUT2D eigenvalue weighted by molar-refractivity contribution is 7.98. The van der Waals surface area contributed by atoms with Crippen LogP contribution in [0.2, 0.25) is 0 Å². The van der Waals surface area contributed by atoms with Gasteiger partial charge in [0.15, 0.2) is 5.65 Å². The molecule has 0 aliphatic rings. The molecule has 0 N–H and O–H groups in total. The molecule has 0 radical (unpaired) electrons. The molecule has 0 atom stereocenters. The van der Waals surface area contributed by atoms with E-state index in [9.17, 15) is 0 Å². The Morgan fingerprint density at radius 1 is 1.17 bits per heavy atom. The summed E-state index contributed by atoms with van der Waals surface area (Å²) in [5.74, 6) is 0.563. The Bertz CT molecular complexity index is 1030. The Morgan fingerprint density at radius 3 is 2.92 bits per heavy atom. The maximum atomic E-state index is 5.19. The number of aromatic nitrogens is 4. The van der Waals surface area contributed by atoms with Crippen molar-refractivity contribution in [3.8, 4) is 5.88 Å². The van der Waals surface area contributed by atoms with E-state index >= 15 is 0 Å². The van der Waals surface area contributed by atoms with Crippen LogP contribution in [0.1, 0.15) is 5.56 Å². The molecule has 120 valence electrons. The molecule has 24 heavy (non-hydrogen) atoms. The van der Waals surface area contributed by atoms with Crippen LogP contribution >= 0.6 is 11.8 Å². The van der Waals surface area contributed by atoms with Crippen molar-refractivity contribution in [1.82, 2.24) is 19.5 Å². The normalized spacial score (nSPS) is 11.2. The largest absolute Gasteiger partial charge is 0.481 e. The third-order valence-electron chi connectivity index (χ3n) is 3.98. The molecule has 3 aromatic heterocycles. The van der Waals surface area contributed by atoms with Crippen molar-refractivity contribution in [2.75, 3.05) is 13.4 Å². The second-order valence-corrected chi connectivity index (χ2v) is 6.32. The molecule has 0 saturated heterocycles. The quantitative estimate of drug-likeness (QED) is 0.531. The van der Waals surface area contributed by atoms with E-state index in [0.717, 1.165) is 23.0 Å². The first-order chi connectivity index (χ1) is 11.8. The highest BCUT2D eigenvalue weighted by Crippen LogP contribution is 2.25. The monoisotopic (exact) mass is 336 g/mol. The molecule has 0 saturated carbocycles.